The molecule has 0 fully saturated rings. The molecule has 1 N–H and O–H groups in total. The second kappa shape index (κ2) is 8.57. The summed E-state index contributed by atoms with van der Waals surface area (Å²) in [5, 5.41) is 8.62. The maximum absolute atomic E-state index is 11.5. The van der Waals surface area contributed by atoms with Crippen LogP contribution in [0.5, 0.6) is 5.75 Å². The number of halogens is 7. The van der Waals surface area contributed by atoms with Crippen LogP contribution in [0.15, 0.2) is 34.3 Å². The molecule has 0 saturated carbocycles. The Hall–Kier alpha value is -0.650. The van der Waals surface area contributed by atoms with E-state index in [0.717, 1.165) is 0 Å². The molecule has 1 aliphatic rings. The predicted octanol–water partition coefficient (Wildman–Crippen LogP) is 7.41. The van der Waals surface area contributed by atoms with E-state index in [-0.39, 0.29) is 40.9 Å². The van der Waals surface area contributed by atoms with E-state index < -0.39 is 11.6 Å². The zero-order chi connectivity index (χ0) is 19.8. The van der Waals surface area contributed by atoms with Gasteiger partial charge in [0.1, 0.15) is 20.1 Å². The Kier molecular flexibility index (Phi) is 7.14. The highest BCUT2D eigenvalue weighted by Gasteiger charge is 2.29. The number of benzene rings is 2. The molecule has 0 unspecified atom stereocenters. The van der Waals surface area contributed by atoms with Gasteiger partial charge in [-0.25, -0.2) is 0 Å². The number of Topliss-reactive ketones (excluding diaryl/α,β-unsaturated/α-hetero) is 2. The van der Waals surface area contributed by atoms with Crippen LogP contribution in [0.1, 0.15) is 20.7 Å². The number of aromatic hydroxyl groups is 1. The number of hydrogen-bond acceptors (Lipinski definition) is 3. The summed E-state index contributed by atoms with van der Waals surface area (Å²) < 4.78 is 0. The number of allylic oxidation sites excluding steroid dienone is 2. The van der Waals surface area contributed by atoms with Crippen molar-refractivity contribution in [2.75, 3.05) is 0 Å². The third-order valence-corrected chi connectivity index (χ3v) is 6.27. The van der Waals surface area contributed by atoms with Crippen LogP contribution in [0, 0.1) is 0 Å². The van der Waals surface area contributed by atoms with Crippen molar-refractivity contribution >= 4 is 92.8 Å². The van der Waals surface area contributed by atoms with Gasteiger partial charge in [0.15, 0.2) is 5.75 Å². The highest BCUT2D eigenvalue weighted by atomic mass is 35.5. The Morgan fingerprint density at radius 1 is 0.577 bits per heavy atom. The van der Waals surface area contributed by atoms with Crippen molar-refractivity contribution in [3.8, 4) is 5.75 Å². The number of hydrogen-bond donors (Lipinski definition) is 1. The number of carbonyl (C=O) groups excluding carboxylic acids is 2. The maximum atomic E-state index is 11.5. The molecule has 136 valence electrons. The lowest BCUT2D eigenvalue weighted by Gasteiger charge is -2.12. The van der Waals surface area contributed by atoms with Crippen LogP contribution in [0.3, 0.4) is 0 Å². The molecular formula is C16H5Cl7O3. The molecule has 10 heteroatoms. The predicted molar refractivity (Wildman–Crippen MR) is 107 cm³/mol. The average Bonchev–Trinajstić information content (AvgIpc) is 2.66. The SMILES string of the molecule is O=C1C(Cl)=C(Cl)C(=O)c2ccccc21.Oc1c(Cl)c(Cl)c(Cl)c(Cl)c1Cl. The lowest BCUT2D eigenvalue weighted by molar-refractivity contribution is 0.0987. The summed E-state index contributed by atoms with van der Waals surface area (Å²) in [6.07, 6.45) is 0. The van der Waals surface area contributed by atoms with E-state index in [1.54, 1.807) is 24.3 Å². The third kappa shape index (κ3) is 3.95. The zero-order valence-corrected chi connectivity index (χ0v) is 17.5. The Labute approximate surface area is 182 Å². The van der Waals surface area contributed by atoms with Crippen LogP contribution in [0.2, 0.25) is 25.1 Å². The van der Waals surface area contributed by atoms with Crippen LogP contribution >= 0.6 is 81.2 Å². The Morgan fingerprint density at radius 3 is 1.23 bits per heavy atom. The van der Waals surface area contributed by atoms with E-state index >= 15 is 0 Å². The molecule has 0 radical (unpaired) electrons. The molecule has 0 spiro atoms. The molecule has 2 aromatic rings. The number of rotatable bonds is 0. The molecule has 2 aromatic carbocycles. The highest BCUT2D eigenvalue weighted by molar-refractivity contribution is 6.59. The Balaban J connectivity index is 0.000000190. The van der Waals surface area contributed by atoms with Gasteiger partial charge in [0, 0.05) is 11.1 Å². The molecule has 1 aliphatic carbocycles. The summed E-state index contributed by atoms with van der Waals surface area (Å²) in [6.45, 7) is 0. The highest BCUT2D eigenvalue weighted by Crippen LogP contribution is 2.47. The second-order valence-corrected chi connectivity index (χ2v) is 7.40. The number of phenols is 1. The van der Waals surface area contributed by atoms with E-state index in [1.807, 2.05) is 0 Å². The van der Waals surface area contributed by atoms with E-state index in [2.05, 4.69) is 0 Å². The fourth-order valence-electron chi connectivity index (χ4n) is 1.91. The van der Waals surface area contributed by atoms with Crippen molar-refractivity contribution in [1.82, 2.24) is 0 Å². The Morgan fingerprint density at radius 2 is 0.885 bits per heavy atom. The minimum absolute atomic E-state index is 0.00904. The fourth-order valence-corrected chi connectivity index (χ4v) is 3.41. The lowest BCUT2D eigenvalue weighted by atomic mass is 9.95. The van der Waals surface area contributed by atoms with Crippen molar-refractivity contribution < 1.29 is 14.7 Å². The number of fused-ring (bicyclic) bond motifs is 1. The third-order valence-electron chi connectivity index (χ3n) is 3.19. The summed E-state index contributed by atoms with van der Waals surface area (Å²) >= 11 is 39.1. The van der Waals surface area contributed by atoms with Crippen LogP contribution in [0.25, 0.3) is 0 Å². The second-order valence-electron chi connectivity index (χ2n) is 4.75. The number of phenolic OH excluding ortho intramolecular Hbond substituents is 1. The molecule has 0 bridgehead atoms. The first-order valence-electron chi connectivity index (χ1n) is 6.53. The monoisotopic (exact) mass is 490 g/mol. The van der Waals surface area contributed by atoms with Crippen molar-refractivity contribution in [3.05, 3.63) is 70.6 Å². The first kappa shape index (κ1) is 21.6. The first-order valence-corrected chi connectivity index (χ1v) is 9.18. The van der Waals surface area contributed by atoms with Crippen LogP contribution in [-0.2, 0) is 0 Å². The zero-order valence-electron chi connectivity index (χ0n) is 12.2. The Bertz CT molecular complexity index is 819. The summed E-state index contributed by atoms with van der Waals surface area (Å²) in [4.78, 5) is 23.1. The maximum Gasteiger partial charge on any atom is 0.206 e. The summed E-state index contributed by atoms with van der Waals surface area (Å²) in [5.41, 5.74) is 0.624. The van der Waals surface area contributed by atoms with Gasteiger partial charge in [0.25, 0.3) is 0 Å². The minimum Gasteiger partial charge on any atom is -0.505 e. The lowest BCUT2D eigenvalue weighted by Crippen LogP contribution is -2.17. The standard InChI is InChI=1S/C10H4Cl2O2.C6HCl5O/c11-7-8(12)10(14)6-4-2-1-3-5(6)9(7)13;7-1-2(8)4(10)6(12)5(11)3(1)9/h1-4H;12H. The summed E-state index contributed by atoms with van der Waals surface area (Å²) in [5.74, 6) is -1.16. The van der Waals surface area contributed by atoms with E-state index in [0.29, 0.717) is 11.1 Å². The quantitative estimate of drug-likeness (QED) is 0.307. The van der Waals surface area contributed by atoms with Gasteiger partial charge in [-0.2, -0.15) is 0 Å². The van der Waals surface area contributed by atoms with Crippen molar-refractivity contribution in [2.24, 2.45) is 0 Å². The van der Waals surface area contributed by atoms with Crippen molar-refractivity contribution in [3.63, 3.8) is 0 Å². The normalized spacial score (nSPS) is 13.3. The van der Waals surface area contributed by atoms with E-state index in [1.165, 1.54) is 0 Å². The van der Waals surface area contributed by atoms with Crippen LogP contribution < -0.4 is 0 Å². The largest absolute Gasteiger partial charge is 0.505 e. The van der Waals surface area contributed by atoms with E-state index in [4.69, 9.17) is 81.2 Å². The molecule has 26 heavy (non-hydrogen) atoms. The van der Waals surface area contributed by atoms with Gasteiger partial charge in [0.2, 0.25) is 11.6 Å². The molecule has 0 aliphatic heterocycles. The molecule has 0 saturated heterocycles. The molecule has 0 atom stereocenters. The summed E-state index contributed by atoms with van der Waals surface area (Å²) in [6, 6.07) is 6.46. The first-order chi connectivity index (χ1) is 12.1. The van der Waals surface area contributed by atoms with Gasteiger partial charge in [0.05, 0.1) is 15.1 Å². The van der Waals surface area contributed by atoms with E-state index in [9.17, 15) is 14.7 Å². The van der Waals surface area contributed by atoms with Gasteiger partial charge in [-0.3, -0.25) is 9.59 Å². The minimum atomic E-state index is -0.396. The molecule has 3 rings (SSSR count). The summed E-state index contributed by atoms with van der Waals surface area (Å²) in [7, 11) is 0. The van der Waals surface area contributed by atoms with Crippen molar-refractivity contribution in [2.45, 2.75) is 0 Å². The van der Waals surface area contributed by atoms with Gasteiger partial charge in [-0.1, -0.05) is 105 Å². The molecule has 3 nitrogen and oxygen atoms in total. The molecule has 0 aromatic heterocycles. The smallest absolute Gasteiger partial charge is 0.206 e. The molecule has 0 heterocycles. The van der Waals surface area contributed by atoms with Gasteiger partial charge in [-0.15, -0.1) is 0 Å². The average molecular weight is 493 g/mol. The van der Waals surface area contributed by atoms with Crippen LogP contribution in [-0.4, -0.2) is 16.7 Å². The molecular weight excluding hydrogens is 488 g/mol. The molecule has 0 amide bonds. The van der Waals surface area contributed by atoms with Gasteiger partial charge >= 0.3 is 0 Å². The number of ketones is 2. The van der Waals surface area contributed by atoms with Gasteiger partial charge in [-0.05, 0) is 0 Å². The van der Waals surface area contributed by atoms with Gasteiger partial charge < -0.3 is 5.11 Å². The fraction of sp³-hybridized carbons (Fsp3) is 0. The van der Waals surface area contributed by atoms with Crippen LogP contribution in [0.4, 0.5) is 0 Å². The topological polar surface area (TPSA) is 54.4 Å². The van der Waals surface area contributed by atoms with Crippen molar-refractivity contribution in [1.29, 1.82) is 0 Å². The number of carbonyl (C=O) groups is 2.